The van der Waals surface area contributed by atoms with Crippen molar-refractivity contribution in [2.45, 2.75) is 9.79 Å². The van der Waals surface area contributed by atoms with Crippen LogP contribution < -0.4 is 16.1 Å². The van der Waals surface area contributed by atoms with Gasteiger partial charge in [0.15, 0.2) is 5.84 Å². The fourth-order valence-corrected chi connectivity index (χ4v) is 4.80. The van der Waals surface area contributed by atoms with Gasteiger partial charge in [0.05, 0.1) is 44.3 Å². The third-order valence-corrected chi connectivity index (χ3v) is 7.70. The smallest absolute Gasteiger partial charge is 0.294 e. The van der Waals surface area contributed by atoms with Gasteiger partial charge in [0.2, 0.25) is 0 Å². The third kappa shape index (κ3) is 8.91. The second kappa shape index (κ2) is 13.2. The first kappa shape index (κ1) is 31.2. The van der Waals surface area contributed by atoms with Crippen LogP contribution in [0.5, 0.6) is 0 Å². The van der Waals surface area contributed by atoms with E-state index in [9.17, 15) is 16.8 Å². The van der Waals surface area contributed by atoms with Gasteiger partial charge >= 0.3 is 0 Å². The standard InChI is InChI=1S/C27H22ClN9O6S2/c28-37-35-26(29-18-1-5-20(6-2-18)31-33-22-9-13-24(14-10-22)44(38,39)40)17-27(36-37)30-19-3-7-21(8-4-19)32-34-23-11-15-25(16-12-23)45(41,42)43/h1-17,29,35H,(H,30,36)(H,38,39,40)(H,41,42,43)/b33-31+,34-32+. The third-order valence-electron chi connectivity index (χ3n) is 5.81. The van der Waals surface area contributed by atoms with Crippen molar-refractivity contribution in [1.82, 2.24) is 10.1 Å². The summed E-state index contributed by atoms with van der Waals surface area (Å²) in [4.78, 5) is -0.462. The second-order valence-electron chi connectivity index (χ2n) is 9.10. The lowest BCUT2D eigenvalue weighted by Crippen LogP contribution is -2.35. The van der Waals surface area contributed by atoms with E-state index in [2.05, 4.69) is 41.6 Å². The van der Waals surface area contributed by atoms with Crippen molar-refractivity contribution in [3.63, 3.8) is 0 Å². The predicted octanol–water partition coefficient (Wildman–Crippen LogP) is 6.66. The number of hydrazone groups is 1. The van der Waals surface area contributed by atoms with Gasteiger partial charge in [-0.15, -0.1) is 9.74 Å². The Kier molecular flexibility index (Phi) is 9.16. The van der Waals surface area contributed by atoms with Crippen molar-refractivity contribution >= 4 is 72.0 Å². The summed E-state index contributed by atoms with van der Waals surface area (Å²) in [5.41, 5.74) is 6.16. The zero-order valence-electron chi connectivity index (χ0n) is 22.7. The lowest BCUT2D eigenvalue weighted by Gasteiger charge is -2.22. The van der Waals surface area contributed by atoms with E-state index in [1.807, 2.05) is 0 Å². The minimum atomic E-state index is -4.28. The molecule has 1 aliphatic heterocycles. The van der Waals surface area contributed by atoms with E-state index in [1.165, 1.54) is 48.5 Å². The van der Waals surface area contributed by atoms with Crippen LogP contribution in [-0.4, -0.2) is 36.4 Å². The zero-order chi connectivity index (χ0) is 32.0. The van der Waals surface area contributed by atoms with E-state index in [0.29, 0.717) is 45.8 Å². The molecular weight excluding hydrogens is 646 g/mol. The van der Waals surface area contributed by atoms with Crippen molar-refractivity contribution < 1.29 is 25.9 Å². The first-order valence-corrected chi connectivity index (χ1v) is 15.9. The number of nitrogens with zero attached hydrogens (tertiary/aromatic N) is 6. The molecule has 0 radical (unpaired) electrons. The van der Waals surface area contributed by atoms with Gasteiger partial charge in [0, 0.05) is 17.5 Å². The van der Waals surface area contributed by atoms with Crippen LogP contribution in [-0.2, 0) is 20.2 Å². The lowest BCUT2D eigenvalue weighted by atomic mass is 10.2. The van der Waals surface area contributed by atoms with Crippen LogP contribution in [0, 0.1) is 0 Å². The van der Waals surface area contributed by atoms with Gasteiger partial charge in [-0.1, -0.05) is 0 Å². The first-order chi connectivity index (χ1) is 21.4. The Balaban J connectivity index is 1.17. The number of anilines is 2. The summed E-state index contributed by atoms with van der Waals surface area (Å²) in [6, 6.07) is 24.6. The fourth-order valence-electron chi connectivity index (χ4n) is 3.67. The van der Waals surface area contributed by atoms with Crippen LogP contribution >= 0.6 is 11.8 Å². The Morgan fingerprint density at radius 3 is 1.33 bits per heavy atom. The number of rotatable bonds is 9. The highest BCUT2D eigenvalue weighted by molar-refractivity contribution is 7.86. The zero-order valence-corrected chi connectivity index (χ0v) is 25.1. The maximum absolute atomic E-state index is 11.2. The average Bonchev–Trinajstić information content (AvgIpc) is 3.00. The normalized spacial score (nSPS) is 13.8. The SMILES string of the molecule is O=S(=O)(O)c1ccc(/N=N/c2ccc(NC3=CC(Nc4ccc(/N=N/c5ccc(S(=O)(=O)O)cc5)cc4)=NN(Cl)N3)cc2)cc1. The van der Waals surface area contributed by atoms with Crippen molar-refractivity contribution in [3.05, 3.63) is 109 Å². The summed E-state index contributed by atoms with van der Waals surface area (Å²) >= 11 is 6.12. The van der Waals surface area contributed by atoms with Gasteiger partial charge in [-0.2, -0.15) is 37.3 Å². The van der Waals surface area contributed by atoms with Crippen molar-refractivity contribution in [2.24, 2.45) is 25.6 Å². The highest BCUT2D eigenvalue weighted by Gasteiger charge is 2.13. The number of amidine groups is 1. The molecule has 230 valence electrons. The summed E-state index contributed by atoms with van der Waals surface area (Å²) in [7, 11) is -8.56. The molecule has 0 atom stereocenters. The van der Waals surface area contributed by atoms with Crippen LogP contribution in [0.25, 0.3) is 0 Å². The number of benzene rings is 4. The monoisotopic (exact) mass is 667 g/mol. The van der Waals surface area contributed by atoms with E-state index < -0.39 is 20.2 Å². The maximum atomic E-state index is 11.2. The van der Waals surface area contributed by atoms with Gasteiger partial charge in [0.25, 0.3) is 20.2 Å². The lowest BCUT2D eigenvalue weighted by molar-refractivity contribution is 0.395. The van der Waals surface area contributed by atoms with Crippen molar-refractivity contribution in [2.75, 3.05) is 10.6 Å². The quantitative estimate of drug-likeness (QED) is 0.0727. The number of hydrazine groups is 1. The molecule has 0 aromatic heterocycles. The van der Waals surface area contributed by atoms with Crippen LogP contribution in [0.3, 0.4) is 0 Å². The molecule has 18 heteroatoms. The molecule has 0 saturated carbocycles. The Labute approximate surface area is 262 Å². The molecule has 0 aliphatic carbocycles. The molecule has 1 heterocycles. The Hall–Kier alpha value is -5.20. The van der Waals surface area contributed by atoms with Crippen molar-refractivity contribution in [1.29, 1.82) is 0 Å². The summed E-state index contributed by atoms with van der Waals surface area (Å²) in [5.74, 6) is 0.936. The molecule has 15 nitrogen and oxygen atoms in total. The second-order valence-corrected chi connectivity index (χ2v) is 12.3. The summed E-state index contributed by atoms with van der Waals surface area (Å²) in [6.07, 6.45) is 1.70. The largest absolute Gasteiger partial charge is 0.341 e. The molecule has 0 bridgehead atoms. The molecule has 0 spiro atoms. The first-order valence-electron chi connectivity index (χ1n) is 12.7. The minimum absolute atomic E-state index is 0.231. The molecule has 5 N–H and O–H groups in total. The van der Waals surface area contributed by atoms with E-state index in [-0.39, 0.29) is 9.79 Å². The summed E-state index contributed by atoms with van der Waals surface area (Å²) in [6.45, 7) is 0. The van der Waals surface area contributed by atoms with Gasteiger partial charge in [-0.05, 0) is 97.1 Å². The number of halogens is 1. The summed E-state index contributed by atoms with van der Waals surface area (Å²) in [5, 5.41) is 26.9. The fraction of sp³-hybridized carbons (Fsp3) is 0. The predicted molar refractivity (Wildman–Crippen MR) is 167 cm³/mol. The number of hydrogen-bond acceptors (Lipinski definition) is 13. The van der Waals surface area contributed by atoms with E-state index in [1.54, 1.807) is 54.6 Å². The molecule has 4 aromatic carbocycles. The van der Waals surface area contributed by atoms with Crippen LogP contribution in [0.4, 0.5) is 34.1 Å². The Bertz CT molecular complexity index is 2020. The average molecular weight is 668 g/mol. The molecular formula is C27H22ClN9O6S2. The molecule has 0 saturated heterocycles. The highest BCUT2D eigenvalue weighted by Crippen LogP contribution is 2.24. The molecule has 0 amide bonds. The number of azo groups is 2. The van der Waals surface area contributed by atoms with E-state index in [0.717, 1.165) is 4.64 Å². The van der Waals surface area contributed by atoms with E-state index in [4.69, 9.17) is 20.9 Å². The number of hydrogen-bond donors (Lipinski definition) is 5. The van der Waals surface area contributed by atoms with Crippen molar-refractivity contribution in [3.8, 4) is 0 Å². The topological polar surface area (TPSA) is 210 Å². The molecule has 0 fully saturated rings. The molecule has 45 heavy (non-hydrogen) atoms. The van der Waals surface area contributed by atoms with Gasteiger partial charge < -0.3 is 10.6 Å². The Morgan fingerprint density at radius 1 is 0.600 bits per heavy atom. The molecule has 1 aliphatic rings. The number of nitrogens with one attached hydrogen (secondary N) is 3. The maximum Gasteiger partial charge on any atom is 0.294 e. The van der Waals surface area contributed by atoms with Crippen LogP contribution in [0.2, 0.25) is 0 Å². The van der Waals surface area contributed by atoms with Gasteiger partial charge in [0.1, 0.15) is 5.82 Å². The van der Waals surface area contributed by atoms with Crippen LogP contribution in [0.1, 0.15) is 0 Å². The van der Waals surface area contributed by atoms with Crippen LogP contribution in [0.15, 0.2) is 144 Å². The molecule has 0 unspecified atom stereocenters. The summed E-state index contributed by atoms with van der Waals surface area (Å²) < 4.78 is 63.8. The van der Waals surface area contributed by atoms with E-state index >= 15 is 0 Å². The molecule has 5 rings (SSSR count). The minimum Gasteiger partial charge on any atom is -0.341 e. The Morgan fingerprint density at radius 2 is 0.956 bits per heavy atom. The van der Waals surface area contributed by atoms with Gasteiger partial charge in [-0.25, -0.2) is 0 Å². The van der Waals surface area contributed by atoms with Gasteiger partial charge in [-0.3, -0.25) is 14.5 Å². The molecule has 4 aromatic rings. The highest BCUT2D eigenvalue weighted by atomic mass is 35.5.